The van der Waals surface area contributed by atoms with Gasteiger partial charge in [-0.25, -0.2) is 0 Å². The lowest BCUT2D eigenvalue weighted by Crippen LogP contribution is -2.27. The molecule has 0 unspecified atom stereocenters. The first-order chi connectivity index (χ1) is 5.90. The fourth-order valence-corrected chi connectivity index (χ4v) is 1.10. The van der Waals surface area contributed by atoms with Crippen molar-refractivity contribution in [1.29, 1.82) is 0 Å². The van der Waals surface area contributed by atoms with Crippen LogP contribution in [0, 0.1) is 12.3 Å². The van der Waals surface area contributed by atoms with E-state index in [0.29, 0.717) is 6.61 Å². The lowest BCUT2D eigenvalue weighted by molar-refractivity contribution is 0.129. The molecule has 0 aliphatic carbocycles. The molecule has 1 aromatic rings. The highest BCUT2D eigenvalue weighted by molar-refractivity contribution is 5.41. The van der Waals surface area contributed by atoms with Gasteiger partial charge >= 0.3 is 0 Å². The molecule has 1 aliphatic rings. The first kappa shape index (κ1) is 7.05. The first-order valence-corrected chi connectivity index (χ1v) is 3.75. The Bertz CT molecular complexity index is 325. The Morgan fingerprint density at radius 3 is 2.83 bits per heavy atom. The average molecular weight is 160 g/mol. The fraction of sp³-hybridized carbons (Fsp3) is 0.200. The van der Waals surface area contributed by atoms with E-state index >= 15 is 0 Å². The van der Waals surface area contributed by atoms with E-state index < -0.39 is 0 Å². The highest BCUT2D eigenvalue weighted by atomic mass is 16.6. The Kier molecular flexibility index (Phi) is 1.64. The maximum atomic E-state index is 5.42. The minimum absolute atomic E-state index is 0.250. The predicted octanol–water partition coefficient (Wildman–Crippen LogP) is 1.46. The summed E-state index contributed by atoms with van der Waals surface area (Å²) in [5.41, 5.74) is 0. The van der Waals surface area contributed by atoms with Crippen molar-refractivity contribution in [3.63, 3.8) is 0 Å². The summed E-state index contributed by atoms with van der Waals surface area (Å²) in [5, 5.41) is 0. The maximum Gasteiger partial charge on any atom is 0.192 e. The van der Waals surface area contributed by atoms with Gasteiger partial charge in [-0.2, -0.15) is 0 Å². The molecule has 0 bridgehead atoms. The van der Waals surface area contributed by atoms with Crippen molar-refractivity contribution in [1.82, 2.24) is 0 Å². The number of para-hydroxylation sites is 2. The van der Waals surface area contributed by atoms with Crippen molar-refractivity contribution in [3.05, 3.63) is 24.3 Å². The molecule has 0 aromatic heterocycles. The zero-order chi connectivity index (χ0) is 8.39. The summed E-state index contributed by atoms with van der Waals surface area (Å²) >= 11 is 0. The van der Waals surface area contributed by atoms with E-state index in [9.17, 15) is 0 Å². The van der Waals surface area contributed by atoms with Crippen LogP contribution in [0.3, 0.4) is 0 Å². The SMILES string of the molecule is C#C[C@@H]1COc2ccccc2O1. The lowest BCUT2D eigenvalue weighted by atomic mass is 10.3. The Morgan fingerprint density at radius 1 is 1.33 bits per heavy atom. The number of ether oxygens (including phenoxy) is 2. The summed E-state index contributed by atoms with van der Waals surface area (Å²) in [5.74, 6) is 3.99. The van der Waals surface area contributed by atoms with Crippen LogP contribution in [0.1, 0.15) is 0 Å². The zero-order valence-electron chi connectivity index (χ0n) is 6.49. The van der Waals surface area contributed by atoms with Gasteiger partial charge in [-0.15, -0.1) is 6.42 Å². The van der Waals surface area contributed by atoms with Crippen LogP contribution in [0.4, 0.5) is 0 Å². The molecule has 0 saturated heterocycles. The lowest BCUT2D eigenvalue weighted by Gasteiger charge is -2.22. The van der Waals surface area contributed by atoms with E-state index in [1.54, 1.807) is 0 Å². The highest BCUT2D eigenvalue weighted by Crippen LogP contribution is 2.30. The molecular weight excluding hydrogens is 152 g/mol. The number of rotatable bonds is 0. The number of terminal acetylenes is 1. The standard InChI is InChI=1S/C10H8O2/c1-2-8-7-11-9-5-3-4-6-10(9)12-8/h1,3-6,8H,7H2/t8-/m1/s1. The minimum Gasteiger partial charge on any atom is -0.485 e. The van der Waals surface area contributed by atoms with Crippen molar-refractivity contribution in [2.75, 3.05) is 6.61 Å². The van der Waals surface area contributed by atoms with Crippen LogP contribution in [0.15, 0.2) is 24.3 Å². The molecular formula is C10H8O2. The summed E-state index contributed by atoms with van der Waals surface area (Å²) in [4.78, 5) is 0. The summed E-state index contributed by atoms with van der Waals surface area (Å²) in [7, 11) is 0. The Balaban J connectivity index is 2.30. The third kappa shape index (κ3) is 1.10. The summed E-state index contributed by atoms with van der Waals surface area (Å²) in [6, 6.07) is 7.50. The van der Waals surface area contributed by atoms with Crippen LogP contribution in [-0.4, -0.2) is 12.7 Å². The molecule has 1 atom stereocenters. The molecule has 0 fully saturated rings. The number of hydrogen-bond donors (Lipinski definition) is 0. The molecule has 0 amide bonds. The van der Waals surface area contributed by atoms with Gasteiger partial charge in [-0.3, -0.25) is 0 Å². The molecule has 1 aromatic carbocycles. The van der Waals surface area contributed by atoms with Gasteiger partial charge in [0.2, 0.25) is 0 Å². The monoisotopic (exact) mass is 160 g/mol. The molecule has 60 valence electrons. The van der Waals surface area contributed by atoms with Gasteiger partial charge in [-0.05, 0) is 12.1 Å². The van der Waals surface area contributed by atoms with Crippen LogP contribution in [0.2, 0.25) is 0 Å². The van der Waals surface area contributed by atoms with E-state index in [4.69, 9.17) is 15.9 Å². The molecule has 0 radical (unpaired) electrons. The van der Waals surface area contributed by atoms with E-state index in [0.717, 1.165) is 11.5 Å². The van der Waals surface area contributed by atoms with E-state index in [-0.39, 0.29) is 6.10 Å². The second-order valence-corrected chi connectivity index (χ2v) is 2.53. The Labute approximate surface area is 71.1 Å². The maximum absolute atomic E-state index is 5.42. The Morgan fingerprint density at radius 2 is 2.08 bits per heavy atom. The third-order valence-electron chi connectivity index (χ3n) is 1.69. The highest BCUT2D eigenvalue weighted by Gasteiger charge is 2.17. The summed E-state index contributed by atoms with van der Waals surface area (Å²) in [6.45, 7) is 0.438. The van der Waals surface area contributed by atoms with Crippen molar-refractivity contribution in [2.45, 2.75) is 6.10 Å². The van der Waals surface area contributed by atoms with Crippen molar-refractivity contribution in [2.24, 2.45) is 0 Å². The van der Waals surface area contributed by atoms with Gasteiger partial charge in [-0.1, -0.05) is 18.1 Å². The van der Waals surface area contributed by atoms with E-state index in [1.165, 1.54) is 0 Å². The second kappa shape index (κ2) is 2.78. The van der Waals surface area contributed by atoms with Crippen molar-refractivity contribution in [3.8, 4) is 23.8 Å². The normalized spacial score (nSPS) is 19.8. The van der Waals surface area contributed by atoms with Crippen molar-refractivity contribution >= 4 is 0 Å². The van der Waals surface area contributed by atoms with Crippen LogP contribution in [-0.2, 0) is 0 Å². The molecule has 2 rings (SSSR count). The molecule has 0 spiro atoms. The van der Waals surface area contributed by atoms with Crippen LogP contribution < -0.4 is 9.47 Å². The topological polar surface area (TPSA) is 18.5 Å². The summed E-state index contributed by atoms with van der Waals surface area (Å²) in [6.07, 6.45) is 4.96. The van der Waals surface area contributed by atoms with Crippen LogP contribution in [0.5, 0.6) is 11.5 Å². The first-order valence-electron chi connectivity index (χ1n) is 3.75. The molecule has 12 heavy (non-hydrogen) atoms. The molecule has 0 N–H and O–H groups in total. The second-order valence-electron chi connectivity index (χ2n) is 2.53. The molecule has 1 heterocycles. The number of benzene rings is 1. The van der Waals surface area contributed by atoms with Crippen molar-refractivity contribution < 1.29 is 9.47 Å². The van der Waals surface area contributed by atoms with Gasteiger partial charge in [0.05, 0.1) is 0 Å². The predicted molar refractivity (Wildman–Crippen MR) is 45.2 cm³/mol. The minimum atomic E-state index is -0.250. The van der Waals surface area contributed by atoms with Gasteiger partial charge in [0.15, 0.2) is 17.6 Å². The average Bonchev–Trinajstić information content (AvgIpc) is 2.17. The van der Waals surface area contributed by atoms with E-state index in [1.807, 2.05) is 24.3 Å². The van der Waals surface area contributed by atoms with Crippen LogP contribution >= 0.6 is 0 Å². The van der Waals surface area contributed by atoms with Crippen LogP contribution in [0.25, 0.3) is 0 Å². The fourth-order valence-electron chi connectivity index (χ4n) is 1.10. The van der Waals surface area contributed by atoms with Gasteiger partial charge in [0.25, 0.3) is 0 Å². The largest absolute Gasteiger partial charge is 0.485 e. The zero-order valence-corrected chi connectivity index (χ0v) is 6.49. The van der Waals surface area contributed by atoms with Gasteiger partial charge < -0.3 is 9.47 Å². The molecule has 2 heteroatoms. The van der Waals surface area contributed by atoms with Gasteiger partial charge in [0, 0.05) is 0 Å². The smallest absolute Gasteiger partial charge is 0.192 e. The Hall–Kier alpha value is -1.62. The third-order valence-corrected chi connectivity index (χ3v) is 1.69. The number of fused-ring (bicyclic) bond motifs is 1. The quantitative estimate of drug-likeness (QED) is 0.535. The molecule has 0 saturated carbocycles. The molecule has 2 nitrogen and oxygen atoms in total. The van der Waals surface area contributed by atoms with E-state index in [2.05, 4.69) is 5.92 Å². The summed E-state index contributed by atoms with van der Waals surface area (Å²) < 4.78 is 10.8. The van der Waals surface area contributed by atoms with Gasteiger partial charge in [0.1, 0.15) is 6.61 Å². The molecule has 1 aliphatic heterocycles. The number of hydrogen-bond acceptors (Lipinski definition) is 2.